The van der Waals surface area contributed by atoms with Crippen LogP contribution < -0.4 is 9.64 Å². The van der Waals surface area contributed by atoms with Crippen LogP contribution >= 0.6 is 11.6 Å². The molecular formula is C39H51ClN2O7S. The molecular weight excluding hydrogens is 676 g/mol. The van der Waals surface area contributed by atoms with E-state index in [1.54, 1.807) is 13.2 Å². The SMILES string of the molecule is CO[C@H]1/C=C/CCC[S@@](=O)(CC(=O)COC2CCOCC2)=NC(=O)c2ccc3c(c2)N(C[C@H](C)[C@H]1C)C[C@@]1(CCCc2cc(Cl)ccc21)CO3. The number of halogens is 1. The van der Waals surface area contributed by atoms with Crippen LogP contribution in [0.15, 0.2) is 52.9 Å². The molecule has 0 aromatic heterocycles. The van der Waals surface area contributed by atoms with Gasteiger partial charge in [0.05, 0.1) is 40.0 Å². The van der Waals surface area contributed by atoms with Crippen LogP contribution in [0, 0.1) is 11.8 Å². The first kappa shape index (κ1) is 37.0. The molecule has 1 aliphatic carbocycles. The van der Waals surface area contributed by atoms with Crippen LogP contribution in [-0.2, 0) is 40.6 Å². The van der Waals surface area contributed by atoms with Crippen molar-refractivity contribution in [1.29, 1.82) is 0 Å². The van der Waals surface area contributed by atoms with Crippen LogP contribution in [0.5, 0.6) is 5.75 Å². The highest BCUT2D eigenvalue weighted by Crippen LogP contribution is 2.45. The lowest BCUT2D eigenvalue weighted by molar-refractivity contribution is -0.125. The largest absolute Gasteiger partial charge is 0.490 e. The number of benzene rings is 2. The number of allylic oxidation sites excluding steroid dienone is 1. The van der Waals surface area contributed by atoms with Gasteiger partial charge < -0.3 is 23.8 Å². The van der Waals surface area contributed by atoms with Gasteiger partial charge in [-0.1, -0.05) is 43.7 Å². The highest BCUT2D eigenvalue weighted by Gasteiger charge is 2.42. The van der Waals surface area contributed by atoms with Crippen molar-refractivity contribution in [2.45, 2.75) is 76.4 Å². The van der Waals surface area contributed by atoms with E-state index >= 15 is 0 Å². The Kier molecular flexibility index (Phi) is 12.1. The number of ketones is 1. The van der Waals surface area contributed by atoms with Crippen LogP contribution in [0.1, 0.15) is 73.9 Å². The maximum absolute atomic E-state index is 14.3. The molecule has 2 aromatic carbocycles. The number of carbonyl (C=O) groups is 2. The molecule has 1 spiro atoms. The van der Waals surface area contributed by atoms with Crippen molar-refractivity contribution >= 4 is 38.7 Å². The van der Waals surface area contributed by atoms with E-state index in [4.69, 9.17) is 30.5 Å². The van der Waals surface area contributed by atoms with Gasteiger partial charge in [-0.2, -0.15) is 4.36 Å². The summed E-state index contributed by atoms with van der Waals surface area (Å²) in [5.74, 6) is 0.00920. The highest BCUT2D eigenvalue weighted by atomic mass is 35.5. The fraction of sp³-hybridized carbons (Fsp3) is 0.590. The molecule has 272 valence electrons. The molecule has 0 unspecified atom stereocenters. The molecule has 0 N–H and O–H groups in total. The first-order valence-electron chi connectivity index (χ1n) is 18.1. The zero-order valence-electron chi connectivity index (χ0n) is 29.6. The van der Waals surface area contributed by atoms with Gasteiger partial charge >= 0.3 is 0 Å². The summed E-state index contributed by atoms with van der Waals surface area (Å²) in [4.78, 5) is 29.3. The topological polar surface area (TPSA) is 104 Å². The van der Waals surface area contributed by atoms with Crippen molar-refractivity contribution in [3.63, 3.8) is 0 Å². The molecule has 4 aliphatic rings. The van der Waals surface area contributed by atoms with Gasteiger partial charge in [-0.15, -0.1) is 0 Å². The lowest BCUT2D eigenvalue weighted by Gasteiger charge is -2.42. The Morgan fingerprint density at radius 1 is 1.14 bits per heavy atom. The fourth-order valence-electron chi connectivity index (χ4n) is 7.91. The molecule has 50 heavy (non-hydrogen) atoms. The van der Waals surface area contributed by atoms with Crippen molar-refractivity contribution in [2.24, 2.45) is 16.2 Å². The average Bonchev–Trinajstić information content (AvgIpc) is 3.25. The van der Waals surface area contributed by atoms with Crippen molar-refractivity contribution < 1.29 is 32.7 Å². The third-order valence-electron chi connectivity index (χ3n) is 10.9. The molecule has 1 amide bonds. The van der Waals surface area contributed by atoms with E-state index in [9.17, 15) is 13.8 Å². The Bertz CT molecular complexity index is 1700. The molecule has 11 heteroatoms. The zero-order valence-corrected chi connectivity index (χ0v) is 31.1. The van der Waals surface area contributed by atoms with E-state index < -0.39 is 15.6 Å². The quantitative estimate of drug-likeness (QED) is 0.299. The van der Waals surface area contributed by atoms with Gasteiger partial charge in [-0.05, 0) is 98.2 Å². The summed E-state index contributed by atoms with van der Waals surface area (Å²) < 4.78 is 42.5. The summed E-state index contributed by atoms with van der Waals surface area (Å²) in [6.45, 7) is 7.43. The summed E-state index contributed by atoms with van der Waals surface area (Å²) in [5, 5.41) is 0.738. The Balaban J connectivity index is 1.35. The van der Waals surface area contributed by atoms with E-state index in [1.165, 1.54) is 11.1 Å². The Hall–Kier alpha value is -2.76. The number of ether oxygens (including phenoxy) is 4. The second kappa shape index (κ2) is 16.3. The minimum Gasteiger partial charge on any atom is -0.490 e. The molecule has 5 atom stereocenters. The fourth-order valence-corrected chi connectivity index (χ4v) is 10.0. The zero-order chi connectivity index (χ0) is 35.3. The van der Waals surface area contributed by atoms with Gasteiger partial charge in [0.15, 0.2) is 5.78 Å². The number of aryl methyl sites for hydroxylation is 1. The van der Waals surface area contributed by atoms with Crippen LogP contribution in [0.2, 0.25) is 5.02 Å². The van der Waals surface area contributed by atoms with Crippen molar-refractivity contribution in [2.75, 3.05) is 63.0 Å². The van der Waals surface area contributed by atoms with Gasteiger partial charge in [-0.3, -0.25) is 9.59 Å². The Morgan fingerprint density at radius 3 is 2.76 bits per heavy atom. The van der Waals surface area contributed by atoms with Gasteiger partial charge in [0, 0.05) is 55.2 Å². The monoisotopic (exact) mass is 726 g/mol. The summed E-state index contributed by atoms with van der Waals surface area (Å²) >= 11 is 6.44. The standard InChI is InChI=1S/C39H51ClN2O7S/c1-27-22-42-25-39(16-7-8-29-20-31(40)11-12-34(29)39)26-49-37-13-10-30(21-35(37)42)38(44)41-50(45,19-6-4-5-9-36(46-3)28(27)2)24-32(43)23-48-33-14-17-47-18-15-33/h5,9-13,20-21,27-28,33,36H,4,6-8,14-19,22-26H2,1-3H3/b9-5+/t27-,28+,36-,39-,50+/m0/s1. The third-order valence-corrected chi connectivity index (χ3v) is 13.4. The Morgan fingerprint density at radius 2 is 1.96 bits per heavy atom. The summed E-state index contributed by atoms with van der Waals surface area (Å²) in [7, 11) is -1.47. The second-order valence-corrected chi connectivity index (χ2v) is 17.4. The summed E-state index contributed by atoms with van der Waals surface area (Å²) in [6.07, 6.45) is 9.52. The van der Waals surface area contributed by atoms with Crippen molar-refractivity contribution in [3.05, 3.63) is 70.3 Å². The van der Waals surface area contributed by atoms with Crippen LogP contribution in [0.4, 0.5) is 5.69 Å². The number of carbonyl (C=O) groups excluding carboxylic acids is 2. The number of amides is 1. The predicted molar refractivity (Wildman–Crippen MR) is 197 cm³/mol. The maximum atomic E-state index is 14.3. The smallest absolute Gasteiger partial charge is 0.285 e. The highest BCUT2D eigenvalue weighted by molar-refractivity contribution is 7.94. The molecule has 0 radical (unpaired) electrons. The number of rotatable bonds is 6. The summed E-state index contributed by atoms with van der Waals surface area (Å²) in [5.41, 5.74) is 3.40. The normalized spacial score (nSPS) is 30.1. The molecule has 1 saturated heterocycles. The third kappa shape index (κ3) is 8.64. The number of Topliss-reactive ketones (excluding diaryl/α,β-unsaturated/α-hetero) is 1. The molecule has 9 nitrogen and oxygen atoms in total. The molecule has 2 aromatic rings. The average molecular weight is 727 g/mol. The minimum atomic E-state index is -3.21. The number of nitrogens with zero attached hydrogens (tertiary/aromatic N) is 2. The predicted octanol–water partition coefficient (Wildman–Crippen LogP) is 6.82. The van der Waals surface area contributed by atoms with Gasteiger partial charge in [-0.25, -0.2) is 4.21 Å². The van der Waals surface area contributed by atoms with E-state index in [-0.39, 0.29) is 53.4 Å². The van der Waals surface area contributed by atoms with Crippen molar-refractivity contribution in [1.82, 2.24) is 0 Å². The van der Waals surface area contributed by atoms with Crippen LogP contribution in [0.3, 0.4) is 0 Å². The van der Waals surface area contributed by atoms with E-state index in [0.717, 1.165) is 42.8 Å². The van der Waals surface area contributed by atoms with Gasteiger partial charge in [0.1, 0.15) is 12.4 Å². The lowest BCUT2D eigenvalue weighted by atomic mass is 9.70. The maximum Gasteiger partial charge on any atom is 0.285 e. The number of fused-ring (bicyclic) bond motifs is 3. The van der Waals surface area contributed by atoms with Crippen LogP contribution in [0.25, 0.3) is 0 Å². The first-order valence-corrected chi connectivity index (χ1v) is 20.3. The first-order chi connectivity index (χ1) is 24.1. The second-order valence-electron chi connectivity index (χ2n) is 14.6. The molecule has 2 bridgehead atoms. The van der Waals surface area contributed by atoms with Gasteiger partial charge in [0.2, 0.25) is 0 Å². The van der Waals surface area contributed by atoms with Crippen molar-refractivity contribution in [3.8, 4) is 5.75 Å². The molecule has 3 heterocycles. The van der Waals surface area contributed by atoms with Crippen LogP contribution in [-0.4, -0.2) is 86.2 Å². The Labute approximate surface area is 302 Å². The molecule has 1 fully saturated rings. The summed E-state index contributed by atoms with van der Waals surface area (Å²) in [6, 6.07) is 11.6. The van der Waals surface area contributed by atoms with E-state index in [1.807, 2.05) is 18.2 Å². The number of hydrogen-bond acceptors (Lipinski definition) is 8. The molecule has 6 rings (SSSR count). The van der Waals surface area contributed by atoms with E-state index in [2.05, 4.69) is 47.4 Å². The minimum absolute atomic E-state index is 0.0615. The number of hydrogen-bond donors (Lipinski definition) is 0. The van der Waals surface area contributed by atoms with E-state index in [0.29, 0.717) is 57.1 Å². The number of anilines is 1. The molecule has 3 aliphatic heterocycles. The number of methoxy groups -OCH3 is 1. The lowest BCUT2D eigenvalue weighted by Crippen LogP contribution is -2.47. The van der Waals surface area contributed by atoms with Gasteiger partial charge in [0.25, 0.3) is 5.91 Å². The molecule has 0 saturated carbocycles.